The number of fused-ring (bicyclic) bond motifs is 1. The average molecular weight is 543 g/mol. The number of rotatable bonds is 8. The van der Waals surface area contributed by atoms with Crippen molar-refractivity contribution in [2.45, 2.75) is 33.4 Å². The zero-order valence-corrected chi connectivity index (χ0v) is 20.3. The van der Waals surface area contributed by atoms with Crippen molar-refractivity contribution in [2.24, 2.45) is 0 Å². The quantitative estimate of drug-likeness (QED) is 0.432. The molecule has 30 heavy (non-hydrogen) atoms. The van der Waals surface area contributed by atoms with Gasteiger partial charge in [0.2, 0.25) is 11.8 Å². The molecule has 0 bridgehead atoms. The molecule has 0 amide bonds. The first-order valence-corrected chi connectivity index (χ1v) is 13.3. The Morgan fingerprint density at radius 1 is 1.33 bits per heavy atom. The van der Waals surface area contributed by atoms with Crippen LogP contribution in [0.5, 0.6) is 5.88 Å². The Bertz CT molecular complexity index is 1000. The molecule has 1 aliphatic rings. The van der Waals surface area contributed by atoms with Crippen molar-refractivity contribution in [3.05, 3.63) is 24.2 Å². The van der Waals surface area contributed by atoms with E-state index in [0.717, 1.165) is 55.3 Å². The first kappa shape index (κ1) is 21.7. The summed E-state index contributed by atoms with van der Waals surface area (Å²) in [5, 5.41) is 8.82. The third kappa shape index (κ3) is 4.53. The molecule has 3 aromatic heterocycles. The summed E-state index contributed by atoms with van der Waals surface area (Å²) in [6.07, 6.45) is 3.81. The van der Waals surface area contributed by atoms with Gasteiger partial charge in [0.1, 0.15) is 0 Å². The van der Waals surface area contributed by atoms with Crippen LogP contribution in [0.3, 0.4) is 0 Å². The van der Waals surface area contributed by atoms with Crippen LogP contribution in [0, 0.1) is 6.92 Å². The second-order valence-electron chi connectivity index (χ2n) is 7.18. The molecule has 0 spiro atoms. The van der Waals surface area contributed by atoms with Crippen molar-refractivity contribution in [3.63, 3.8) is 0 Å². The van der Waals surface area contributed by atoms with Gasteiger partial charge in [-0.05, 0) is 26.8 Å². The maximum absolute atomic E-state index is 5.76. The highest BCUT2D eigenvalue weighted by Crippen LogP contribution is 2.31. The van der Waals surface area contributed by atoms with Crippen molar-refractivity contribution in [3.8, 4) is 5.88 Å². The maximum Gasteiger partial charge on any atom is 0.232 e. The van der Waals surface area contributed by atoms with Gasteiger partial charge in [-0.3, -0.25) is 13.6 Å². The molecule has 1 unspecified atom stereocenters. The van der Waals surface area contributed by atoms with Crippen molar-refractivity contribution >= 4 is 53.0 Å². The van der Waals surface area contributed by atoms with Gasteiger partial charge in [-0.1, -0.05) is 0 Å². The number of hydrogen-bond donors (Lipinski definition) is 1. The zero-order chi connectivity index (χ0) is 21.1. The van der Waals surface area contributed by atoms with Gasteiger partial charge in [0, 0.05) is 55.7 Å². The van der Waals surface area contributed by atoms with Gasteiger partial charge in [0.15, 0.2) is 5.65 Å². The molecular formula is C19H26IN7O2S. The Hall–Kier alpha value is -1.57. The van der Waals surface area contributed by atoms with E-state index in [1.54, 1.807) is 9.12 Å². The SMILES string of the molecule is CCOc1nc(Nc2cnn(CC(C)N3CCOCC3)c2C)nc2c1ccn2SI. The molecule has 4 heterocycles. The maximum atomic E-state index is 5.76. The lowest BCUT2D eigenvalue weighted by Crippen LogP contribution is -2.44. The summed E-state index contributed by atoms with van der Waals surface area (Å²) in [6, 6.07) is 2.37. The van der Waals surface area contributed by atoms with Crippen LogP contribution in [0.15, 0.2) is 18.5 Å². The zero-order valence-electron chi connectivity index (χ0n) is 17.3. The van der Waals surface area contributed by atoms with Crippen molar-refractivity contribution in [1.82, 2.24) is 28.6 Å². The topological polar surface area (TPSA) is 82.3 Å². The highest BCUT2D eigenvalue weighted by molar-refractivity contribution is 14.2. The molecule has 0 saturated carbocycles. The highest BCUT2D eigenvalue weighted by atomic mass is 127. The Morgan fingerprint density at radius 2 is 2.13 bits per heavy atom. The second kappa shape index (κ2) is 9.71. The van der Waals surface area contributed by atoms with E-state index in [1.807, 2.05) is 34.0 Å². The second-order valence-corrected chi connectivity index (χ2v) is 8.89. The molecule has 0 radical (unpaired) electrons. The van der Waals surface area contributed by atoms with Gasteiger partial charge < -0.3 is 14.8 Å². The smallest absolute Gasteiger partial charge is 0.232 e. The van der Waals surface area contributed by atoms with E-state index in [-0.39, 0.29) is 0 Å². The minimum Gasteiger partial charge on any atom is -0.477 e. The molecule has 0 aliphatic carbocycles. The minimum atomic E-state index is 0.390. The van der Waals surface area contributed by atoms with E-state index in [2.05, 4.69) is 55.4 Å². The molecule has 0 aromatic carbocycles. The number of anilines is 2. The van der Waals surface area contributed by atoms with Gasteiger partial charge in [-0.2, -0.15) is 15.1 Å². The highest BCUT2D eigenvalue weighted by Gasteiger charge is 2.19. The van der Waals surface area contributed by atoms with E-state index in [4.69, 9.17) is 14.5 Å². The van der Waals surface area contributed by atoms with Crippen LogP contribution >= 0.6 is 30.3 Å². The Morgan fingerprint density at radius 3 is 2.87 bits per heavy atom. The largest absolute Gasteiger partial charge is 0.477 e. The Kier molecular flexibility index (Phi) is 7.01. The first-order chi connectivity index (χ1) is 14.6. The molecule has 1 saturated heterocycles. The number of morpholine rings is 1. The van der Waals surface area contributed by atoms with Crippen LogP contribution in [0.4, 0.5) is 11.6 Å². The van der Waals surface area contributed by atoms with Gasteiger partial charge >= 0.3 is 0 Å². The summed E-state index contributed by atoms with van der Waals surface area (Å²) in [5.41, 5.74) is 2.77. The van der Waals surface area contributed by atoms with E-state index in [0.29, 0.717) is 24.5 Å². The van der Waals surface area contributed by atoms with Gasteiger partial charge in [0.05, 0.1) is 49.3 Å². The van der Waals surface area contributed by atoms with Gasteiger partial charge in [-0.15, -0.1) is 0 Å². The third-order valence-corrected chi connectivity index (χ3v) is 7.00. The third-order valence-electron chi connectivity index (χ3n) is 5.29. The summed E-state index contributed by atoms with van der Waals surface area (Å²) in [4.78, 5) is 11.7. The lowest BCUT2D eigenvalue weighted by atomic mass is 10.2. The van der Waals surface area contributed by atoms with E-state index >= 15 is 0 Å². The summed E-state index contributed by atoms with van der Waals surface area (Å²) >= 11 is 2.24. The van der Waals surface area contributed by atoms with Crippen LogP contribution in [0.2, 0.25) is 0 Å². The predicted octanol–water partition coefficient (Wildman–Crippen LogP) is 3.65. The number of hydrogen-bond acceptors (Lipinski definition) is 8. The normalized spacial score (nSPS) is 16.1. The van der Waals surface area contributed by atoms with Crippen molar-refractivity contribution in [1.29, 1.82) is 0 Å². The molecule has 9 nitrogen and oxygen atoms in total. The fourth-order valence-corrected chi connectivity index (χ4v) is 4.85. The summed E-state index contributed by atoms with van der Waals surface area (Å²) in [7, 11) is 1.56. The summed E-state index contributed by atoms with van der Waals surface area (Å²) in [6.45, 7) is 11.2. The number of nitrogens with one attached hydrogen (secondary N) is 1. The summed E-state index contributed by atoms with van der Waals surface area (Å²) < 4.78 is 15.2. The van der Waals surface area contributed by atoms with Crippen LogP contribution in [-0.2, 0) is 11.3 Å². The minimum absolute atomic E-state index is 0.390. The van der Waals surface area contributed by atoms with Gasteiger partial charge in [-0.25, -0.2) is 0 Å². The average Bonchev–Trinajstić information content (AvgIpc) is 3.33. The van der Waals surface area contributed by atoms with Crippen molar-refractivity contribution < 1.29 is 9.47 Å². The van der Waals surface area contributed by atoms with E-state index in [9.17, 15) is 0 Å². The molecule has 1 atom stereocenters. The number of aromatic nitrogens is 5. The molecule has 4 rings (SSSR count). The van der Waals surface area contributed by atoms with E-state index in [1.165, 1.54) is 0 Å². The number of ether oxygens (including phenoxy) is 2. The molecule has 3 aromatic rings. The van der Waals surface area contributed by atoms with Crippen LogP contribution in [0.25, 0.3) is 11.0 Å². The molecule has 162 valence electrons. The van der Waals surface area contributed by atoms with Gasteiger partial charge in [0.25, 0.3) is 0 Å². The summed E-state index contributed by atoms with van der Waals surface area (Å²) in [5.74, 6) is 1.08. The van der Waals surface area contributed by atoms with Crippen LogP contribution in [-0.4, -0.2) is 67.6 Å². The molecule has 1 N–H and O–H groups in total. The molecule has 1 aliphatic heterocycles. The Balaban J connectivity index is 1.55. The predicted molar refractivity (Wildman–Crippen MR) is 128 cm³/mol. The van der Waals surface area contributed by atoms with Crippen LogP contribution in [0.1, 0.15) is 19.5 Å². The lowest BCUT2D eigenvalue weighted by molar-refractivity contribution is 0.0161. The fourth-order valence-electron chi connectivity index (χ4n) is 3.58. The first-order valence-electron chi connectivity index (χ1n) is 10.0. The lowest BCUT2D eigenvalue weighted by Gasteiger charge is -2.32. The monoisotopic (exact) mass is 543 g/mol. The van der Waals surface area contributed by atoms with Crippen molar-refractivity contribution in [2.75, 3.05) is 38.2 Å². The number of halogens is 1. The number of nitrogens with zero attached hydrogens (tertiary/aromatic N) is 6. The molecule has 11 heteroatoms. The Labute approximate surface area is 192 Å². The fraction of sp³-hybridized carbons (Fsp3) is 0.526. The van der Waals surface area contributed by atoms with E-state index < -0.39 is 0 Å². The van der Waals surface area contributed by atoms with Crippen LogP contribution < -0.4 is 10.1 Å². The molecular weight excluding hydrogens is 517 g/mol. The standard InChI is InChI=1S/C19H26IN7O2S/c1-4-29-18-15-5-6-27(30-20)17(15)23-19(24-18)22-16-11-21-26(14(16)3)12-13(2)25-7-9-28-10-8-25/h5-6,11,13H,4,7-10,12H2,1-3H3,(H,22,23,24). The molecule has 1 fully saturated rings.